The molecule has 0 radical (unpaired) electrons. The fourth-order valence-electron chi connectivity index (χ4n) is 2.12. The molecule has 2 rings (SSSR count). The molecule has 0 saturated carbocycles. The van der Waals surface area contributed by atoms with Crippen molar-refractivity contribution in [3.8, 4) is 0 Å². The van der Waals surface area contributed by atoms with Crippen LogP contribution >= 0.6 is 0 Å². The van der Waals surface area contributed by atoms with Gasteiger partial charge in [0.05, 0.1) is 5.69 Å². The monoisotopic (exact) mass is 224 g/mol. The Kier molecular flexibility index (Phi) is 2.77. The van der Waals surface area contributed by atoms with E-state index in [1.54, 1.807) is 0 Å². The van der Waals surface area contributed by atoms with Crippen LogP contribution in [0.5, 0.6) is 0 Å². The quantitative estimate of drug-likeness (QED) is 0.680. The van der Waals surface area contributed by atoms with Crippen molar-refractivity contribution in [3.63, 3.8) is 0 Å². The molecule has 1 aromatic rings. The van der Waals surface area contributed by atoms with Gasteiger partial charge in [0.25, 0.3) is 0 Å². The van der Waals surface area contributed by atoms with Crippen LogP contribution < -0.4 is 5.73 Å². The first-order chi connectivity index (χ1) is 7.39. The van der Waals surface area contributed by atoms with Crippen molar-refractivity contribution in [2.45, 2.75) is 45.6 Å². The van der Waals surface area contributed by atoms with Gasteiger partial charge in [-0.1, -0.05) is 0 Å². The Hall–Kier alpha value is -0.910. The Morgan fingerprint density at radius 2 is 2.12 bits per heavy atom. The number of imidazole rings is 1. The highest BCUT2D eigenvalue weighted by atomic mass is 16.3. The Morgan fingerprint density at radius 3 is 2.69 bits per heavy atom. The molecular weight excluding hydrogens is 204 g/mol. The standard InChI is InChI=1S/C11H20N4O/c1-11(2,3)14-4-5-15-8(7-14)6-13-10(15)9(12)16/h6,9,16H,4-5,7,12H2,1-3H3. The summed E-state index contributed by atoms with van der Waals surface area (Å²) in [5, 5.41) is 9.38. The lowest BCUT2D eigenvalue weighted by atomic mass is 10.0. The van der Waals surface area contributed by atoms with E-state index in [4.69, 9.17) is 5.73 Å². The van der Waals surface area contributed by atoms with Gasteiger partial charge < -0.3 is 9.67 Å². The summed E-state index contributed by atoms with van der Waals surface area (Å²) >= 11 is 0. The smallest absolute Gasteiger partial charge is 0.161 e. The lowest BCUT2D eigenvalue weighted by Gasteiger charge is -2.39. The molecule has 1 unspecified atom stereocenters. The number of aliphatic hydroxyl groups is 1. The maximum Gasteiger partial charge on any atom is 0.161 e. The largest absolute Gasteiger partial charge is 0.371 e. The van der Waals surface area contributed by atoms with Gasteiger partial charge in [-0.3, -0.25) is 10.6 Å². The number of nitrogens with zero attached hydrogens (tertiary/aromatic N) is 3. The third kappa shape index (κ3) is 1.98. The van der Waals surface area contributed by atoms with Crippen LogP contribution in [0.3, 0.4) is 0 Å². The second-order valence-electron chi connectivity index (χ2n) is 5.30. The molecule has 3 N–H and O–H groups in total. The number of hydrogen-bond acceptors (Lipinski definition) is 4. The second kappa shape index (κ2) is 3.84. The van der Waals surface area contributed by atoms with E-state index in [1.165, 1.54) is 0 Å². The minimum Gasteiger partial charge on any atom is -0.371 e. The van der Waals surface area contributed by atoms with Gasteiger partial charge in [-0.05, 0) is 20.8 Å². The lowest BCUT2D eigenvalue weighted by molar-refractivity contribution is 0.0970. The van der Waals surface area contributed by atoms with Crippen LogP contribution in [-0.2, 0) is 13.1 Å². The lowest BCUT2D eigenvalue weighted by Crippen LogP contribution is -2.46. The molecule has 1 aliphatic heterocycles. The molecule has 0 saturated heterocycles. The van der Waals surface area contributed by atoms with Gasteiger partial charge in [0.15, 0.2) is 12.1 Å². The third-order valence-electron chi connectivity index (χ3n) is 3.13. The molecule has 0 spiro atoms. The number of hydrogen-bond donors (Lipinski definition) is 2. The Bertz CT molecular complexity index is 378. The van der Waals surface area contributed by atoms with Crippen molar-refractivity contribution < 1.29 is 5.11 Å². The van der Waals surface area contributed by atoms with E-state index >= 15 is 0 Å². The van der Waals surface area contributed by atoms with E-state index in [1.807, 2.05) is 10.8 Å². The normalized spacial score (nSPS) is 19.6. The first-order valence-electron chi connectivity index (χ1n) is 5.62. The van der Waals surface area contributed by atoms with Crippen LogP contribution in [0.4, 0.5) is 0 Å². The molecule has 0 bridgehead atoms. The minimum absolute atomic E-state index is 0.164. The summed E-state index contributed by atoms with van der Waals surface area (Å²) in [6.07, 6.45) is 0.832. The van der Waals surface area contributed by atoms with E-state index in [2.05, 4.69) is 30.7 Å². The van der Waals surface area contributed by atoms with Gasteiger partial charge in [-0.15, -0.1) is 0 Å². The molecule has 16 heavy (non-hydrogen) atoms. The third-order valence-corrected chi connectivity index (χ3v) is 3.13. The topological polar surface area (TPSA) is 67.3 Å². The van der Waals surface area contributed by atoms with Crippen molar-refractivity contribution in [1.29, 1.82) is 0 Å². The van der Waals surface area contributed by atoms with Gasteiger partial charge in [-0.25, -0.2) is 4.98 Å². The average molecular weight is 224 g/mol. The molecule has 0 aliphatic carbocycles. The molecule has 5 nitrogen and oxygen atoms in total. The van der Waals surface area contributed by atoms with E-state index in [9.17, 15) is 5.11 Å². The van der Waals surface area contributed by atoms with Crippen LogP contribution in [0.2, 0.25) is 0 Å². The Balaban J connectivity index is 2.23. The Morgan fingerprint density at radius 1 is 1.44 bits per heavy atom. The maximum atomic E-state index is 9.38. The summed E-state index contributed by atoms with van der Waals surface area (Å²) in [7, 11) is 0. The zero-order chi connectivity index (χ0) is 11.9. The summed E-state index contributed by atoms with van der Waals surface area (Å²) in [5.41, 5.74) is 6.75. The van der Waals surface area contributed by atoms with Crippen LogP contribution in [0, 0.1) is 0 Å². The van der Waals surface area contributed by atoms with E-state index in [-0.39, 0.29) is 5.54 Å². The highest BCUT2D eigenvalue weighted by molar-refractivity contribution is 5.10. The van der Waals surface area contributed by atoms with Crippen molar-refractivity contribution in [2.75, 3.05) is 6.54 Å². The zero-order valence-electron chi connectivity index (χ0n) is 10.1. The van der Waals surface area contributed by atoms with Crippen molar-refractivity contribution in [1.82, 2.24) is 14.5 Å². The number of nitrogens with two attached hydrogens (primary N) is 1. The summed E-state index contributed by atoms with van der Waals surface area (Å²) in [6, 6.07) is 0. The van der Waals surface area contributed by atoms with Crippen molar-refractivity contribution in [2.24, 2.45) is 5.73 Å². The van der Waals surface area contributed by atoms with Gasteiger partial charge in [-0.2, -0.15) is 0 Å². The molecule has 5 heteroatoms. The van der Waals surface area contributed by atoms with Crippen LogP contribution in [0.15, 0.2) is 6.20 Å². The first kappa shape index (κ1) is 11.6. The molecule has 0 fully saturated rings. The molecule has 90 valence electrons. The number of aromatic nitrogens is 2. The van der Waals surface area contributed by atoms with E-state index in [0.717, 1.165) is 25.3 Å². The molecule has 1 aromatic heterocycles. The van der Waals surface area contributed by atoms with Crippen molar-refractivity contribution in [3.05, 3.63) is 17.7 Å². The fourth-order valence-corrected chi connectivity index (χ4v) is 2.12. The van der Waals surface area contributed by atoms with Crippen LogP contribution in [-0.4, -0.2) is 31.6 Å². The van der Waals surface area contributed by atoms with E-state index in [0.29, 0.717) is 5.82 Å². The SMILES string of the molecule is CC(C)(C)N1CCn2c(cnc2C(N)O)C1. The number of rotatable bonds is 1. The van der Waals surface area contributed by atoms with Crippen molar-refractivity contribution >= 4 is 0 Å². The molecule has 2 heterocycles. The predicted molar refractivity (Wildman–Crippen MR) is 61.5 cm³/mol. The molecule has 1 atom stereocenters. The van der Waals surface area contributed by atoms with Gasteiger partial charge >= 0.3 is 0 Å². The molecular formula is C11H20N4O. The van der Waals surface area contributed by atoms with Crippen LogP contribution in [0.25, 0.3) is 0 Å². The summed E-state index contributed by atoms with van der Waals surface area (Å²) in [6.45, 7) is 9.29. The van der Waals surface area contributed by atoms with Gasteiger partial charge in [0, 0.05) is 31.4 Å². The minimum atomic E-state index is -0.977. The second-order valence-corrected chi connectivity index (χ2v) is 5.30. The van der Waals surface area contributed by atoms with Gasteiger partial charge in [0.2, 0.25) is 0 Å². The number of fused-ring (bicyclic) bond motifs is 1. The molecule has 1 aliphatic rings. The molecule has 0 amide bonds. The summed E-state index contributed by atoms with van der Waals surface area (Å²) in [5.74, 6) is 0.573. The Labute approximate surface area is 95.9 Å². The highest BCUT2D eigenvalue weighted by Gasteiger charge is 2.27. The number of aliphatic hydroxyl groups excluding tert-OH is 1. The maximum absolute atomic E-state index is 9.38. The molecule has 0 aromatic carbocycles. The zero-order valence-corrected chi connectivity index (χ0v) is 10.1. The van der Waals surface area contributed by atoms with Gasteiger partial charge in [0.1, 0.15) is 0 Å². The fraction of sp³-hybridized carbons (Fsp3) is 0.727. The highest BCUT2D eigenvalue weighted by Crippen LogP contribution is 2.23. The summed E-state index contributed by atoms with van der Waals surface area (Å²) in [4.78, 5) is 6.57. The average Bonchev–Trinajstić information content (AvgIpc) is 2.58. The summed E-state index contributed by atoms with van der Waals surface area (Å²) < 4.78 is 2.02. The predicted octanol–water partition coefficient (Wildman–Crippen LogP) is 0.447. The van der Waals surface area contributed by atoms with Crippen LogP contribution in [0.1, 0.15) is 38.5 Å². The van der Waals surface area contributed by atoms with E-state index < -0.39 is 6.23 Å². The first-order valence-corrected chi connectivity index (χ1v) is 5.62.